The number of hydrogen-bond acceptors (Lipinski definition) is 5. The largest absolute Gasteiger partial charge is 0.356 e. The summed E-state index contributed by atoms with van der Waals surface area (Å²) in [6.45, 7) is 2.65. The van der Waals surface area contributed by atoms with Crippen molar-refractivity contribution in [2.24, 2.45) is 5.92 Å². The summed E-state index contributed by atoms with van der Waals surface area (Å²) in [5, 5.41) is 2.93. The Morgan fingerprint density at radius 3 is 2.92 bits per heavy atom. The maximum Gasteiger partial charge on any atom is 0.270 e. The number of nitrogens with one attached hydrogen (secondary N) is 1. The SMILES string of the molecule is O=C1NCCc2c1nc(C1CC1)nc2N1CCC(Cc2ccccn2)C1. The Bertz CT molecular complexity index is 834. The van der Waals surface area contributed by atoms with E-state index in [1.54, 1.807) is 0 Å². The average molecular weight is 349 g/mol. The van der Waals surface area contributed by atoms with Crippen LogP contribution in [0.5, 0.6) is 0 Å². The summed E-state index contributed by atoms with van der Waals surface area (Å²) in [4.78, 5) is 28.7. The first-order valence-electron chi connectivity index (χ1n) is 9.62. The standard InChI is InChI=1S/C20H23N5O/c26-20-17-16(6-9-22-20)19(24-18(23-17)14-4-5-14)25-10-7-13(12-25)11-15-3-1-2-8-21-15/h1-3,8,13-14H,4-7,9-12H2,(H,22,26). The molecule has 0 spiro atoms. The lowest BCUT2D eigenvalue weighted by molar-refractivity contribution is 0.0940. The van der Waals surface area contributed by atoms with Gasteiger partial charge in [0.15, 0.2) is 0 Å². The fraction of sp³-hybridized carbons (Fsp3) is 0.500. The maximum atomic E-state index is 12.3. The van der Waals surface area contributed by atoms with Crippen molar-refractivity contribution >= 4 is 11.7 Å². The molecular weight excluding hydrogens is 326 g/mol. The minimum absolute atomic E-state index is 0.0407. The van der Waals surface area contributed by atoms with Gasteiger partial charge in [0.05, 0.1) is 0 Å². The zero-order chi connectivity index (χ0) is 17.5. The monoisotopic (exact) mass is 349 g/mol. The van der Waals surface area contributed by atoms with Crippen LogP contribution in [0.3, 0.4) is 0 Å². The third-order valence-corrected chi connectivity index (χ3v) is 5.63. The van der Waals surface area contributed by atoms with Gasteiger partial charge in [-0.1, -0.05) is 6.07 Å². The zero-order valence-electron chi connectivity index (χ0n) is 14.8. The quantitative estimate of drug-likeness (QED) is 0.915. The molecule has 1 saturated carbocycles. The summed E-state index contributed by atoms with van der Waals surface area (Å²) in [6.07, 6.45) is 7.11. The van der Waals surface area contributed by atoms with E-state index in [1.807, 2.05) is 12.3 Å². The third-order valence-electron chi connectivity index (χ3n) is 5.63. The number of carbonyl (C=O) groups is 1. The molecule has 1 unspecified atom stereocenters. The number of aromatic nitrogens is 3. The van der Waals surface area contributed by atoms with E-state index in [4.69, 9.17) is 4.98 Å². The minimum Gasteiger partial charge on any atom is -0.356 e. The van der Waals surface area contributed by atoms with Gasteiger partial charge in [0, 0.05) is 43.0 Å². The van der Waals surface area contributed by atoms with E-state index in [9.17, 15) is 4.79 Å². The molecule has 4 heterocycles. The minimum atomic E-state index is -0.0407. The lowest BCUT2D eigenvalue weighted by Crippen LogP contribution is -2.35. The Hall–Kier alpha value is -2.50. The van der Waals surface area contributed by atoms with Gasteiger partial charge in [-0.2, -0.15) is 0 Å². The Morgan fingerprint density at radius 1 is 1.19 bits per heavy atom. The molecular formula is C20H23N5O. The van der Waals surface area contributed by atoms with Crippen LogP contribution in [-0.2, 0) is 12.8 Å². The summed E-state index contributed by atoms with van der Waals surface area (Å²) < 4.78 is 0. The van der Waals surface area contributed by atoms with E-state index in [0.29, 0.717) is 24.1 Å². The molecule has 1 atom stereocenters. The molecule has 1 saturated heterocycles. The fourth-order valence-electron chi connectivity index (χ4n) is 4.08. The number of amides is 1. The molecule has 2 fully saturated rings. The lowest BCUT2D eigenvalue weighted by Gasteiger charge is -2.25. The number of fused-ring (bicyclic) bond motifs is 1. The Balaban J connectivity index is 1.42. The fourth-order valence-corrected chi connectivity index (χ4v) is 4.08. The van der Waals surface area contributed by atoms with Crippen molar-refractivity contribution in [3.05, 3.63) is 47.2 Å². The van der Waals surface area contributed by atoms with Gasteiger partial charge in [-0.3, -0.25) is 9.78 Å². The van der Waals surface area contributed by atoms with Gasteiger partial charge in [0.25, 0.3) is 5.91 Å². The van der Waals surface area contributed by atoms with E-state index in [2.05, 4.69) is 32.3 Å². The molecule has 2 aromatic heterocycles. The molecule has 1 aliphatic carbocycles. The van der Waals surface area contributed by atoms with Crippen LogP contribution >= 0.6 is 0 Å². The molecule has 0 aromatic carbocycles. The average Bonchev–Trinajstić information content (AvgIpc) is 3.42. The number of carbonyl (C=O) groups excluding carboxylic acids is 1. The van der Waals surface area contributed by atoms with Crippen LogP contribution in [0, 0.1) is 5.92 Å². The second-order valence-electron chi connectivity index (χ2n) is 7.64. The Labute approximate surface area is 153 Å². The van der Waals surface area contributed by atoms with Crippen LogP contribution in [0.2, 0.25) is 0 Å². The number of hydrogen-bond donors (Lipinski definition) is 1. The first kappa shape index (κ1) is 15.7. The highest BCUT2D eigenvalue weighted by atomic mass is 16.1. The third kappa shape index (κ3) is 2.93. The highest BCUT2D eigenvalue weighted by Crippen LogP contribution is 2.40. The molecule has 6 heteroatoms. The molecule has 2 aliphatic heterocycles. The molecule has 1 amide bonds. The summed E-state index contributed by atoms with van der Waals surface area (Å²) in [7, 11) is 0. The molecule has 26 heavy (non-hydrogen) atoms. The van der Waals surface area contributed by atoms with Crippen molar-refractivity contribution in [3.63, 3.8) is 0 Å². The number of pyridine rings is 1. The lowest BCUT2D eigenvalue weighted by atomic mass is 10.0. The number of nitrogens with zero attached hydrogens (tertiary/aromatic N) is 4. The summed E-state index contributed by atoms with van der Waals surface area (Å²) >= 11 is 0. The first-order chi connectivity index (χ1) is 12.8. The molecule has 2 aromatic rings. The van der Waals surface area contributed by atoms with E-state index >= 15 is 0 Å². The predicted molar refractivity (Wildman–Crippen MR) is 98.3 cm³/mol. The smallest absolute Gasteiger partial charge is 0.270 e. The summed E-state index contributed by atoms with van der Waals surface area (Å²) in [6, 6.07) is 6.11. The second-order valence-corrected chi connectivity index (χ2v) is 7.64. The van der Waals surface area contributed by atoms with Crippen LogP contribution in [0.15, 0.2) is 24.4 Å². The van der Waals surface area contributed by atoms with Crippen molar-refractivity contribution in [2.75, 3.05) is 24.5 Å². The molecule has 3 aliphatic rings. The van der Waals surface area contributed by atoms with Crippen molar-refractivity contribution in [1.82, 2.24) is 20.3 Å². The highest BCUT2D eigenvalue weighted by Gasteiger charge is 2.34. The van der Waals surface area contributed by atoms with Gasteiger partial charge < -0.3 is 10.2 Å². The van der Waals surface area contributed by atoms with Crippen LogP contribution in [-0.4, -0.2) is 40.5 Å². The molecule has 0 radical (unpaired) electrons. The van der Waals surface area contributed by atoms with Gasteiger partial charge in [-0.05, 0) is 50.2 Å². The van der Waals surface area contributed by atoms with E-state index in [1.165, 1.54) is 0 Å². The molecule has 5 rings (SSSR count). The van der Waals surface area contributed by atoms with E-state index < -0.39 is 0 Å². The van der Waals surface area contributed by atoms with Crippen molar-refractivity contribution in [1.29, 1.82) is 0 Å². The first-order valence-corrected chi connectivity index (χ1v) is 9.62. The van der Waals surface area contributed by atoms with Gasteiger partial charge in [-0.15, -0.1) is 0 Å². The summed E-state index contributed by atoms with van der Waals surface area (Å²) in [5.74, 6) is 2.86. The van der Waals surface area contributed by atoms with Crippen molar-refractivity contribution in [3.8, 4) is 0 Å². The second kappa shape index (κ2) is 6.34. The zero-order valence-corrected chi connectivity index (χ0v) is 14.8. The van der Waals surface area contributed by atoms with E-state index in [0.717, 1.165) is 68.1 Å². The van der Waals surface area contributed by atoms with Crippen LogP contribution in [0.1, 0.15) is 52.8 Å². The Kier molecular flexibility index (Phi) is 3.84. The van der Waals surface area contributed by atoms with Crippen LogP contribution in [0.4, 0.5) is 5.82 Å². The highest BCUT2D eigenvalue weighted by molar-refractivity contribution is 5.96. The van der Waals surface area contributed by atoms with Crippen LogP contribution in [0.25, 0.3) is 0 Å². The number of rotatable bonds is 4. The van der Waals surface area contributed by atoms with Crippen LogP contribution < -0.4 is 10.2 Å². The normalized spacial score (nSPS) is 22.2. The van der Waals surface area contributed by atoms with Gasteiger partial charge >= 0.3 is 0 Å². The van der Waals surface area contributed by atoms with Gasteiger partial charge in [0.2, 0.25) is 0 Å². The molecule has 1 N–H and O–H groups in total. The van der Waals surface area contributed by atoms with E-state index in [-0.39, 0.29) is 5.91 Å². The van der Waals surface area contributed by atoms with Gasteiger partial charge in [-0.25, -0.2) is 9.97 Å². The predicted octanol–water partition coefficient (Wildman–Crippen LogP) is 2.10. The molecule has 134 valence electrons. The molecule has 0 bridgehead atoms. The molecule has 6 nitrogen and oxygen atoms in total. The summed E-state index contributed by atoms with van der Waals surface area (Å²) in [5.41, 5.74) is 2.80. The van der Waals surface area contributed by atoms with Crippen molar-refractivity contribution in [2.45, 2.75) is 38.0 Å². The topological polar surface area (TPSA) is 71.0 Å². The number of anilines is 1. The maximum absolute atomic E-state index is 12.3. The Morgan fingerprint density at radius 2 is 2.12 bits per heavy atom. The van der Waals surface area contributed by atoms with Crippen molar-refractivity contribution < 1.29 is 4.79 Å². The van der Waals surface area contributed by atoms with Gasteiger partial charge in [0.1, 0.15) is 17.3 Å².